The van der Waals surface area contributed by atoms with E-state index in [0.717, 1.165) is 13.1 Å². The van der Waals surface area contributed by atoms with Crippen LogP contribution in [0, 0.1) is 0 Å². The minimum absolute atomic E-state index is 0.164. The molecule has 14 heavy (non-hydrogen) atoms. The molecule has 0 aliphatic rings. The fourth-order valence-corrected chi connectivity index (χ4v) is 1.64. The van der Waals surface area contributed by atoms with E-state index in [-0.39, 0.29) is 5.38 Å². The second kappa shape index (κ2) is 5.23. The van der Waals surface area contributed by atoms with Crippen molar-refractivity contribution in [1.29, 1.82) is 0 Å². The number of phenolic OH excluding ortho intramolecular Hbond substituents is 1. The van der Waals surface area contributed by atoms with E-state index in [9.17, 15) is 0 Å². The molecule has 0 spiro atoms. The van der Waals surface area contributed by atoms with Crippen LogP contribution in [0.3, 0.4) is 0 Å². The minimum atomic E-state index is 0.164. The predicted octanol–water partition coefficient (Wildman–Crippen LogP) is 2.45. The zero-order valence-corrected chi connectivity index (χ0v) is 9.33. The fraction of sp³-hybridized carbons (Fsp3) is 0.455. The lowest BCUT2D eigenvalue weighted by Gasteiger charge is -2.17. The summed E-state index contributed by atoms with van der Waals surface area (Å²) in [7, 11) is 2.03. The molecule has 0 aliphatic carbocycles. The van der Waals surface area contributed by atoms with Gasteiger partial charge in [0.25, 0.3) is 0 Å². The minimum Gasteiger partial charge on any atom is -0.508 e. The van der Waals surface area contributed by atoms with Gasteiger partial charge < -0.3 is 10.0 Å². The maximum absolute atomic E-state index is 9.10. The van der Waals surface area contributed by atoms with Crippen molar-refractivity contribution in [2.45, 2.75) is 18.8 Å². The van der Waals surface area contributed by atoms with E-state index < -0.39 is 0 Å². The number of nitrogens with zero attached hydrogens (tertiary/aromatic N) is 1. The SMILES string of the molecule is CC(Cl)CN(C)Cc1ccc(O)cc1. The van der Waals surface area contributed by atoms with Gasteiger partial charge in [0.05, 0.1) is 0 Å². The van der Waals surface area contributed by atoms with Crippen LogP contribution in [0.2, 0.25) is 0 Å². The van der Waals surface area contributed by atoms with Crippen molar-refractivity contribution in [2.75, 3.05) is 13.6 Å². The number of aromatic hydroxyl groups is 1. The molecule has 0 aromatic heterocycles. The number of hydrogen-bond donors (Lipinski definition) is 1. The highest BCUT2D eigenvalue weighted by Crippen LogP contribution is 2.11. The Hall–Kier alpha value is -0.730. The van der Waals surface area contributed by atoms with Crippen LogP contribution in [0.5, 0.6) is 5.75 Å². The van der Waals surface area contributed by atoms with Crippen molar-refractivity contribution in [3.63, 3.8) is 0 Å². The molecule has 0 bridgehead atoms. The van der Waals surface area contributed by atoms with E-state index in [2.05, 4.69) is 4.90 Å². The van der Waals surface area contributed by atoms with Gasteiger partial charge in [-0.1, -0.05) is 12.1 Å². The standard InChI is InChI=1S/C11H16ClNO/c1-9(12)7-13(2)8-10-3-5-11(14)6-4-10/h3-6,9,14H,7-8H2,1-2H3. The zero-order valence-electron chi connectivity index (χ0n) is 8.57. The second-order valence-corrected chi connectivity index (χ2v) is 4.39. The van der Waals surface area contributed by atoms with Gasteiger partial charge in [-0.15, -0.1) is 11.6 Å². The van der Waals surface area contributed by atoms with Gasteiger partial charge in [0.15, 0.2) is 0 Å². The monoisotopic (exact) mass is 213 g/mol. The lowest BCUT2D eigenvalue weighted by molar-refractivity contribution is 0.329. The Morgan fingerprint density at radius 3 is 2.43 bits per heavy atom. The molecule has 0 heterocycles. The molecule has 1 N–H and O–H groups in total. The number of phenols is 1. The zero-order chi connectivity index (χ0) is 10.6. The number of hydrogen-bond acceptors (Lipinski definition) is 2. The van der Waals surface area contributed by atoms with Gasteiger partial charge in [-0.3, -0.25) is 0 Å². The summed E-state index contributed by atoms with van der Waals surface area (Å²) in [5, 5.41) is 9.27. The first kappa shape index (κ1) is 11.3. The first-order chi connectivity index (χ1) is 6.58. The highest BCUT2D eigenvalue weighted by Gasteiger charge is 2.03. The number of benzene rings is 1. The smallest absolute Gasteiger partial charge is 0.115 e. The number of alkyl halides is 1. The topological polar surface area (TPSA) is 23.5 Å². The Bertz CT molecular complexity index is 271. The van der Waals surface area contributed by atoms with Crippen molar-refractivity contribution in [3.05, 3.63) is 29.8 Å². The lowest BCUT2D eigenvalue weighted by Crippen LogP contribution is -2.24. The molecule has 1 rings (SSSR count). The van der Waals surface area contributed by atoms with Gasteiger partial charge in [-0.2, -0.15) is 0 Å². The molecule has 0 amide bonds. The van der Waals surface area contributed by atoms with Crippen LogP contribution in [-0.4, -0.2) is 29.0 Å². The van der Waals surface area contributed by atoms with Crippen molar-refractivity contribution < 1.29 is 5.11 Å². The molecule has 78 valence electrons. The summed E-state index contributed by atoms with van der Waals surface area (Å²) in [6.07, 6.45) is 0. The van der Waals surface area contributed by atoms with E-state index in [4.69, 9.17) is 16.7 Å². The Morgan fingerprint density at radius 1 is 1.36 bits per heavy atom. The summed E-state index contributed by atoms with van der Waals surface area (Å²) >= 11 is 5.88. The average molecular weight is 214 g/mol. The summed E-state index contributed by atoms with van der Waals surface area (Å²) in [5.74, 6) is 0.308. The predicted molar refractivity (Wildman–Crippen MR) is 59.8 cm³/mol. The summed E-state index contributed by atoms with van der Waals surface area (Å²) in [5.41, 5.74) is 1.18. The Kier molecular flexibility index (Phi) is 4.23. The molecule has 2 nitrogen and oxygen atoms in total. The molecular weight excluding hydrogens is 198 g/mol. The maximum atomic E-state index is 9.10. The molecule has 1 aromatic rings. The summed E-state index contributed by atoms with van der Waals surface area (Å²) in [6.45, 7) is 3.70. The molecule has 1 atom stereocenters. The van der Waals surface area contributed by atoms with Gasteiger partial charge in [0, 0.05) is 18.5 Å². The molecule has 1 aromatic carbocycles. The fourth-order valence-electron chi connectivity index (χ4n) is 1.41. The number of rotatable bonds is 4. The highest BCUT2D eigenvalue weighted by atomic mass is 35.5. The van der Waals surface area contributed by atoms with Crippen LogP contribution >= 0.6 is 11.6 Å². The van der Waals surface area contributed by atoms with Crippen LogP contribution in [0.4, 0.5) is 0 Å². The van der Waals surface area contributed by atoms with Gasteiger partial charge in [-0.25, -0.2) is 0 Å². The molecule has 1 unspecified atom stereocenters. The Labute approximate surface area is 90.1 Å². The molecule has 0 aliphatic heterocycles. The molecule has 0 radical (unpaired) electrons. The van der Waals surface area contributed by atoms with Crippen molar-refractivity contribution in [2.24, 2.45) is 0 Å². The van der Waals surface area contributed by atoms with Crippen LogP contribution in [0.15, 0.2) is 24.3 Å². The quantitative estimate of drug-likeness (QED) is 0.777. The van der Waals surface area contributed by atoms with Crippen LogP contribution in [0.25, 0.3) is 0 Å². The molecule has 0 saturated carbocycles. The second-order valence-electron chi connectivity index (χ2n) is 3.64. The summed E-state index contributed by atoms with van der Waals surface area (Å²) < 4.78 is 0. The molecule has 0 fully saturated rings. The molecular formula is C11H16ClNO. The summed E-state index contributed by atoms with van der Waals surface area (Å²) in [4.78, 5) is 2.16. The third-order valence-corrected chi connectivity index (χ3v) is 2.09. The maximum Gasteiger partial charge on any atom is 0.115 e. The van der Waals surface area contributed by atoms with E-state index >= 15 is 0 Å². The summed E-state index contributed by atoms with van der Waals surface area (Å²) in [6, 6.07) is 7.25. The lowest BCUT2D eigenvalue weighted by atomic mass is 10.2. The highest BCUT2D eigenvalue weighted by molar-refractivity contribution is 6.20. The van der Waals surface area contributed by atoms with Crippen molar-refractivity contribution >= 4 is 11.6 Å². The van der Waals surface area contributed by atoms with Crippen LogP contribution in [0.1, 0.15) is 12.5 Å². The Balaban J connectivity index is 2.47. The van der Waals surface area contributed by atoms with Crippen molar-refractivity contribution in [1.82, 2.24) is 4.90 Å². The third kappa shape index (κ3) is 3.99. The van der Waals surface area contributed by atoms with Crippen LogP contribution in [-0.2, 0) is 6.54 Å². The van der Waals surface area contributed by atoms with Gasteiger partial charge in [0.2, 0.25) is 0 Å². The Morgan fingerprint density at radius 2 is 1.93 bits per heavy atom. The van der Waals surface area contributed by atoms with Crippen molar-refractivity contribution in [3.8, 4) is 5.75 Å². The van der Waals surface area contributed by atoms with E-state index in [1.165, 1.54) is 5.56 Å². The first-order valence-electron chi connectivity index (χ1n) is 4.68. The largest absolute Gasteiger partial charge is 0.508 e. The van der Waals surface area contributed by atoms with Gasteiger partial charge in [-0.05, 0) is 31.7 Å². The first-order valence-corrected chi connectivity index (χ1v) is 5.12. The number of halogens is 1. The van der Waals surface area contributed by atoms with E-state index in [1.54, 1.807) is 12.1 Å². The van der Waals surface area contributed by atoms with Gasteiger partial charge in [0.1, 0.15) is 5.75 Å². The molecule has 3 heteroatoms. The average Bonchev–Trinajstić information content (AvgIpc) is 2.07. The van der Waals surface area contributed by atoms with E-state index in [1.807, 2.05) is 26.1 Å². The molecule has 0 saturated heterocycles. The van der Waals surface area contributed by atoms with E-state index in [0.29, 0.717) is 5.75 Å². The van der Waals surface area contributed by atoms with Crippen LogP contribution < -0.4 is 0 Å². The third-order valence-electron chi connectivity index (χ3n) is 1.95. The normalized spacial score (nSPS) is 13.1. The van der Waals surface area contributed by atoms with Gasteiger partial charge >= 0.3 is 0 Å².